The number of aromatic nitrogens is 2. The van der Waals surface area contributed by atoms with Gasteiger partial charge in [-0.25, -0.2) is 13.4 Å². The first-order chi connectivity index (χ1) is 12.4. The molecule has 2 N–H and O–H groups in total. The molecule has 0 radical (unpaired) electrons. The van der Waals surface area contributed by atoms with Crippen LogP contribution in [0.4, 0.5) is 0 Å². The summed E-state index contributed by atoms with van der Waals surface area (Å²) in [4.78, 5) is 8.71. The predicted molar refractivity (Wildman–Crippen MR) is 115 cm³/mol. The van der Waals surface area contributed by atoms with Gasteiger partial charge in [-0.2, -0.15) is 4.98 Å². The quantitative estimate of drug-likeness (QED) is 0.350. The van der Waals surface area contributed by atoms with E-state index in [4.69, 9.17) is 16.1 Å². The van der Waals surface area contributed by atoms with Crippen molar-refractivity contribution < 1.29 is 12.9 Å². The second kappa shape index (κ2) is 9.69. The number of benzene rings is 1. The molecule has 1 fully saturated rings. The molecule has 2 heterocycles. The van der Waals surface area contributed by atoms with Crippen molar-refractivity contribution in [2.75, 3.05) is 18.1 Å². The molecule has 0 bridgehead atoms. The summed E-state index contributed by atoms with van der Waals surface area (Å²) in [5.41, 5.74) is 0.762. The fourth-order valence-electron chi connectivity index (χ4n) is 2.63. The highest BCUT2D eigenvalue weighted by atomic mass is 127. The highest BCUT2D eigenvalue weighted by molar-refractivity contribution is 14.0. The number of guanidine groups is 1. The van der Waals surface area contributed by atoms with Crippen molar-refractivity contribution in [2.24, 2.45) is 4.99 Å². The van der Waals surface area contributed by atoms with Gasteiger partial charge in [0.1, 0.15) is 6.54 Å². The Balaban J connectivity index is 0.00000261. The number of aliphatic imine (C=N–C) groups is 1. The molecule has 0 amide bonds. The maximum absolute atomic E-state index is 11.6. The first-order valence-corrected chi connectivity index (χ1v) is 10.5. The van der Waals surface area contributed by atoms with E-state index in [0.717, 1.165) is 5.56 Å². The van der Waals surface area contributed by atoms with Crippen LogP contribution in [0, 0.1) is 0 Å². The lowest BCUT2D eigenvalue weighted by Gasteiger charge is -2.15. The smallest absolute Gasteiger partial charge is 0.248 e. The molecule has 148 valence electrons. The van der Waals surface area contributed by atoms with Crippen LogP contribution in [0.1, 0.15) is 19.2 Å². The van der Waals surface area contributed by atoms with Gasteiger partial charge in [-0.3, -0.25) is 0 Å². The molecule has 1 aliphatic rings. The van der Waals surface area contributed by atoms with Crippen LogP contribution in [0.25, 0.3) is 11.4 Å². The Kier molecular flexibility index (Phi) is 7.86. The summed E-state index contributed by atoms with van der Waals surface area (Å²) in [6.45, 7) is 2.78. The van der Waals surface area contributed by atoms with E-state index >= 15 is 0 Å². The second-order valence-electron chi connectivity index (χ2n) is 5.96. The molecule has 1 unspecified atom stereocenters. The van der Waals surface area contributed by atoms with E-state index in [9.17, 15) is 8.42 Å². The number of halogens is 2. The number of nitrogens with one attached hydrogen (secondary N) is 2. The summed E-state index contributed by atoms with van der Waals surface area (Å²) < 4.78 is 28.4. The van der Waals surface area contributed by atoms with Crippen LogP contribution in [0.15, 0.2) is 33.8 Å². The number of rotatable bonds is 5. The van der Waals surface area contributed by atoms with Gasteiger partial charge in [-0.05, 0) is 25.5 Å². The normalized spacial score (nSPS) is 18.7. The van der Waals surface area contributed by atoms with E-state index in [0.29, 0.717) is 35.7 Å². The second-order valence-corrected chi connectivity index (χ2v) is 8.63. The lowest BCUT2D eigenvalue weighted by atomic mass is 10.2. The molecule has 11 heteroatoms. The minimum atomic E-state index is -2.95. The van der Waals surface area contributed by atoms with Gasteiger partial charge in [0, 0.05) is 23.2 Å². The van der Waals surface area contributed by atoms with Crippen LogP contribution in [0.3, 0.4) is 0 Å². The molecule has 2 aromatic rings. The van der Waals surface area contributed by atoms with Crippen molar-refractivity contribution in [2.45, 2.75) is 25.9 Å². The van der Waals surface area contributed by atoms with Gasteiger partial charge in [-0.1, -0.05) is 28.9 Å². The summed E-state index contributed by atoms with van der Waals surface area (Å²) in [6, 6.07) is 7.05. The Morgan fingerprint density at radius 2 is 2.26 bits per heavy atom. The molecule has 0 spiro atoms. The summed E-state index contributed by atoms with van der Waals surface area (Å²) in [7, 11) is -2.95. The zero-order valence-electron chi connectivity index (χ0n) is 14.7. The highest BCUT2D eigenvalue weighted by Gasteiger charge is 2.28. The Labute approximate surface area is 180 Å². The van der Waals surface area contributed by atoms with Crippen LogP contribution in [-0.2, 0) is 16.4 Å². The van der Waals surface area contributed by atoms with Crippen LogP contribution in [-0.4, -0.2) is 48.6 Å². The van der Waals surface area contributed by atoms with Crippen LogP contribution >= 0.6 is 35.6 Å². The lowest BCUT2D eigenvalue weighted by Crippen LogP contribution is -2.44. The number of hydrogen-bond acceptors (Lipinski definition) is 6. The van der Waals surface area contributed by atoms with Crippen LogP contribution in [0.2, 0.25) is 5.02 Å². The van der Waals surface area contributed by atoms with E-state index in [1.807, 2.05) is 19.1 Å². The number of sulfone groups is 1. The maximum Gasteiger partial charge on any atom is 0.248 e. The average molecular weight is 526 g/mol. The van der Waals surface area contributed by atoms with Crippen LogP contribution < -0.4 is 10.6 Å². The van der Waals surface area contributed by atoms with Gasteiger partial charge in [0.2, 0.25) is 11.7 Å². The molecule has 0 saturated carbocycles. The zero-order chi connectivity index (χ0) is 18.6. The molecule has 1 aromatic carbocycles. The Bertz CT molecular complexity index is 903. The van der Waals surface area contributed by atoms with Gasteiger partial charge < -0.3 is 15.2 Å². The fourth-order valence-corrected chi connectivity index (χ4v) is 4.50. The molecule has 27 heavy (non-hydrogen) atoms. The Hall–Kier alpha value is -1.40. The lowest BCUT2D eigenvalue weighted by molar-refractivity contribution is 0.380. The minimum Gasteiger partial charge on any atom is -0.357 e. The summed E-state index contributed by atoms with van der Waals surface area (Å²) >= 11 is 5.97. The summed E-state index contributed by atoms with van der Waals surface area (Å²) in [5, 5.41) is 10.8. The Morgan fingerprint density at radius 1 is 1.44 bits per heavy atom. The van der Waals surface area contributed by atoms with Gasteiger partial charge >= 0.3 is 0 Å². The van der Waals surface area contributed by atoms with E-state index in [2.05, 4.69) is 25.8 Å². The monoisotopic (exact) mass is 525 g/mol. The first-order valence-electron chi connectivity index (χ1n) is 8.29. The predicted octanol–water partition coefficient (Wildman–Crippen LogP) is 2.25. The van der Waals surface area contributed by atoms with Gasteiger partial charge in [-0.15, -0.1) is 24.0 Å². The van der Waals surface area contributed by atoms with Crippen molar-refractivity contribution in [3.05, 3.63) is 35.2 Å². The van der Waals surface area contributed by atoms with Crippen molar-refractivity contribution in [3.8, 4) is 11.4 Å². The van der Waals surface area contributed by atoms with Gasteiger partial charge in [0.05, 0.1) is 11.5 Å². The van der Waals surface area contributed by atoms with E-state index < -0.39 is 9.84 Å². The standard InChI is InChI=1S/C16H20ClN5O3S.HI/c1-2-18-16(20-13-6-7-26(23,24)10-13)19-9-14-21-15(22-25-14)11-4-3-5-12(17)8-11;/h3-5,8,13H,2,6-7,9-10H2,1H3,(H2,18,19,20);1H. The molecule has 3 rings (SSSR count). The molecular weight excluding hydrogens is 505 g/mol. The van der Waals surface area contributed by atoms with Crippen molar-refractivity contribution in [3.63, 3.8) is 0 Å². The fraction of sp³-hybridized carbons (Fsp3) is 0.438. The van der Waals surface area contributed by atoms with E-state index in [1.54, 1.807) is 12.1 Å². The molecule has 8 nitrogen and oxygen atoms in total. The molecule has 0 aliphatic carbocycles. The number of hydrogen-bond donors (Lipinski definition) is 2. The highest BCUT2D eigenvalue weighted by Crippen LogP contribution is 2.20. The first kappa shape index (κ1) is 21.9. The average Bonchev–Trinajstić information content (AvgIpc) is 3.19. The number of nitrogens with zero attached hydrogens (tertiary/aromatic N) is 3. The largest absolute Gasteiger partial charge is 0.357 e. The van der Waals surface area contributed by atoms with Gasteiger partial charge in [0.25, 0.3) is 0 Å². The van der Waals surface area contributed by atoms with Crippen molar-refractivity contribution >= 4 is 51.4 Å². The minimum absolute atomic E-state index is 0. The third kappa shape index (κ3) is 6.32. The molecule has 1 atom stereocenters. The van der Waals surface area contributed by atoms with Gasteiger partial charge in [0.15, 0.2) is 15.8 Å². The molecule has 1 saturated heterocycles. The van der Waals surface area contributed by atoms with E-state index in [-0.39, 0.29) is 48.1 Å². The molecule has 1 aliphatic heterocycles. The maximum atomic E-state index is 11.6. The molecule has 1 aromatic heterocycles. The van der Waals surface area contributed by atoms with Crippen LogP contribution in [0.5, 0.6) is 0 Å². The van der Waals surface area contributed by atoms with Crippen molar-refractivity contribution in [1.82, 2.24) is 20.8 Å². The topological polar surface area (TPSA) is 109 Å². The summed E-state index contributed by atoms with van der Waals surface area (Å²) in [5.74, 6) is 1.65. The molecular formula is C16H21ClIN5O3S. The Morgan fingerprint density at radius 3 is 2.93 bits per heavy atom. The summed E-state index contributed by atoms with van der Waals surface area (Å²) in [6.07, 6.45) is 0.576. The van der Waals surface area contributed by atoms with Crippen molar-refractivity contribution in [1.29, 1.82) is 0 Å². The SMILES string of the molecule is CCNC(=NCc1nc(-c2cccc(Cl)c2)no1)NC1CCS(=O)(=O)C1.I. The third-order valence-corrected chi connectivity index (χ3v) is 5.84. The third-order valence-electron chi connectivity index (χ3n) is 3.84. The zero-order valence-corrected chi connectivity index (χ0v) is 18.6. The van der Waals surface area contributed by atoms with E-state index in [1.165, 1.54) is 0 Å².